The maximum absolute atomic E-state index is 8.86. The zero-order chi connectivity index (χ0) is 14.9. The standard InChI is InChI=1S/C16H18BrN3/c1-16(2,3)12-7-5-11(6-8-12)15-19-14(17)13(9-10-18)20(15)4/h5-8H,9H2,1-4H3. The van der Waals surface area contributed by atoms with E-state index in [9.17, 15) is 0 Å². The molecule has 0 radical (unpaired) electrons. The van der Waals surface area contributed by atoms with Crippen molar-refractivity contribution in [2.45, 2.75) is 32.6 Å². The van der Waals surface area contributed by atoms with Crippen LogP contribution in [0.2, 0.25) is 0 Å². The number of nitriles is 1. The predicted octanol–water partition coefficient (Wildman–Crippen LogP) is 4.21. The Morgan fingerprint density at radius 1 is 1.25 bits per heavy atom. The van der Waals surface area contributed by atoms with Crippen LogP contribution in [0.5, 0.6) is 0 Å². The van der Waals surface area contributed by atoms with Gasteiger partial charge in [0.15, 0.2) is 0 Å². The third-order valence-corrected chi connectivity index (χ3v) is 4.06. The quantitative estimate of drug-likeness (QED) is 0.826. The van der Waals surface area contributed by atoms with E-state index < -0.39 is 0 Å². The van der Waals surface area contributed by atoms with Crippen LogP contribution in [0.4, 0.5) is 0 Å². The smallest absolute Gasteiger partial charge is 0.141 e. The van der Waals surface area contributed by atoms with Crippen molar-refractivity contribution in [1.29, 1.82) is 5.26 Å². The highest BCUT2D eigenvalue weighted by molar-refractivity contribution is 9.10. The van der Waals surface area contributed by atoms with Gasteiger partial charge in [-0.05, 0) is 26.9 Å². The molecule has 2 rings (SSSR count). The van der Waals surface area contributed by atoms with Crippen molar-refractivity contribution in [3.63, 3.8) is 0 Å². The van der Waals surface area contributed by atoms with Gasteiger partial charge >= 0.3 is 0 Å². The third-order valence-electron chi connectivity index (χ3n) is 3.42. The Kier molecular flexibility index (Phi) is 4.01. The van der Waals surface area contributed by atoms with Crippen LogP contribution in [0.1, 0.15) is 32.0 Å². The summed E-state index contributed by atoms with van der Waals surface area (Å²) in [5.74, 6) is 0.877. The van der Waals surface area contributed by atoms with E-state index in [0.29, 0.717) is 6.42 Å². The van der Waals surface area contributed by atoms with Crippen molar-refractivity contribution in [1.82, 2.24) is 9.55 Å². The van der Waals surface area contributed by atoms with E-state index in [1.165, 1.54) is 5.56 Å². The monoisotopic (exact) mass is 331 g/mol. The average molecular weight is 332 g/mol. The fourth-order valence-corrected chi connectivity index (χ4v) is 2.72. The second kappa shape index (κ2) is 5.41. The van der Waals surface area contributed by atoms with Gasteiger partial charge in [0.1, 0.15) is 10.4 Å². The van der Waals surface area contributed by atoms with E-state index in [1.807, 2.05) is 11.6 Å². The van der Waals surface area contributed by atoms with Crippen LogP contribution < -0.4 is 0 Å². The first kappa shape index (κ1) is 14.8. The molecule has 104 valence electrons. The van der Waals surface area contributed by atoms with Crippen LogP contribution in [-0.4, -0.2) is 9.55 Å². The molecule has 0 aliphatic carbocycles. The Morgan fingerprint density at radius 2 is 1.85 bits per heavy atom. The SMILES string of the molecule is Cn1c(-c2ccc(C(C)(C)C)cc2)nc(Br)c1CC#N. The summed E-state index contributed by atoms with van der Waals surface area (Å²) in [7, 11) is 1.94. The number of benzene rings is 1. The molecule has 1 heterocycles. The number of hydrogen-bond donors (Lipinski definition) is 0. The van der Waals surface area contributed by atoms with Gasteiger partial charge in [-0.25, -0.2) is 4.98 Å². The lowest BCUT2D eigenvalue weighted by Crippen LogP contribution is -2.10. The van der Waals surface area contributed by atoms with Gasteiger partial charge in [0.2, 0.25) is 0 Å². The summed E-state index contributed by atoms with van der Waals surface area (Å²) < 4.78 is 2.72. The largest absolute Gasteiger partial charge is 0.329 e. The lowest BCUT2D eigenvalue weighted by atomic mass is 9.87. The molecule has 2 aromatic rings. The summed E-state index contributed by atoms with van der Waals surface area (Å²) in [6.45, 7) is 6.60. The summed E-state index contributed by atoms with van der Waals surface area (Å²) in [6.07, 6.45) is 0.351. The minimum absolute atomic E-state index is 0.146. The minimum Gasteiger partial charge on any atom is -0.329 e. The lowest BCUT2D eigenvalue weighted by Gasteiger charge is -2.19. The van der Waals surface area contributed by atoms with Gasteiger partial charge in [-0.15, -0.1) is 0 Å². The van der Waals surface area contributed by atoms with Crippen molar-refractivity contribution in [3.05, 3.63) is 40.1 Å². The third kappa shape index (κ3) is 2.78. The molecule has 1 aromatic carbocycles. The number of halogens is 1. The van der Waals surface area contributed by atoms with Crippen LogP contribution in [0, 0.1) is 11.3 Å². The summed E-state index contributed by atoms with van der Waals surface area (Å²) in [4.78, 5) is 4.52. The highest BCUT2D eigenvalue weighted by atomic mass is 79.9. The van der Waals surface area contributed by atoms with Crippen molar-refractivity contribution in [2.24, 2.45) is 7.05 Å². The average Bonchev–Trinajstić information content (AvgIpc) is 2.66. The number of rotatable bonds is 2. The summed E-state index contributed by atoms with van der Waals surface area (Å²) in [5.41, 5.74) is 3.41. The van der Waals surface area contributed by atoms with Crippen molar-refractivity contribution in [2.75, 3.05) is 0 Å². The Balaban J connectivity index is 2.43. The first-order chi connectivity index (χ1) is 9.34. The van der Waals surface area contributed by atoms with Crippen LogP contribution in [0.25, 0.3) is 11.4 Å². The normalized spacial score (nSPS) is 11.4. The van der Waals surface area contributed by atoms with Crippen molar-refractivity contribution >= 4 is 15.9 Å². The van der Waals surface area contributed by atoms with Crippen LogP contribution >= 0.6 is 15.9 Å². The molecule has 0 atom stereocenters. The topological polar surface area (TPSA) is 41.6 Å². The van der Waals surface area contributed by atoms with Crippen molar-refractivity contribution in [3.8, 4) is 17.5 Å². The Hall–Kier alpha value is -1.60. The van der Waals surface area contributed by atoms with E-state index in [-0.39, 0.29) is 5.41 Å². The highest BCUT2D eigenvalue weighted by Crippen LogP contribution is 2.28. The number of imidazole rings is 1. The molecule has 0 aliphatic rings. The molecule has 4 heteroatoms. The molecule has 0 spiro atoms. The summed E-state index contributed by atoms with van der Waals surface area (Å²) in [6, 6.07) is 10.6. The van der Waals surface area contributed by atoms with Crippen LogP contribution in [0.15, 0.2) is 28.9 Å². The molecule has 1 aromatic heterocycles. The zero-order valence-electron chi connectivity index (χ0n) is 12.2. The molecule has 0 unspecified atom stereocenters. The minimum atomic E-state index is 0.146. The number of hydrogen-bond acceptors (Lipinski definition) is 2. The van der Waals surface area contributed by atoms with E-state index >= 15 is 0 Å². The van der Waals surface area contributed by atoms with Gasteiger partial charge in [-0.3, -0.25) is 0 Å². The second-order valence-corrected chi connectivity index (χ2v) is 6.65. The molecule has 0 aliphatic heterocycles. The van der Waals surface area contributed by atoms with Gasteiger partial charge in [0.05, 0.1) is 18.2 Å². The van der Waals surface area contributed by atoms with Crippen molar-refractivity contribution < 1.29 is 0 Å². The molecule has 3 nitrogen and oxygen atoms in total. The molecular weight excluding hydrogens is 314 g/mol. The Morgan fingerprint density at radius 3 is 2.35 bits per heavy atom. The molecule has 0 saturated heterocycles. The van der Waals surface area contributed by atoms with E-state index in [2.05, 4.69) is 72.0 Å². The fraction of sp³-hybridized carbons (Fsp3) is 0.375. The Labute approximate surface area is 128 Å². The van der Waals surface area contributed by atoms with E-state index in [0.717, 1.165) is 21.7 Å². The summed E-state index contributed by atoms with van der Waals surface area (Å²) >= 11 is 3.43. The van der Waals surface area contributed by atoms with Gasteiger partial charge in [-0.2, -0.15) is 5.26 Å². The zero-order valence-corrected chi connectivity index (χ0v) is 13.8. The van der Waals surface area contributed by atoms with Gasteiger partial charge in [0, 0.05) is 12.6 Å². The second-order valence-electron chi connectivity index (χ2n) is 5.89. The number of nitrogens with zero attached hydrogens (tertiary/aromatic N) is 3. The Bertz CT molecular complexity index is 655. The van der Waals surface area contributed by atoms with Gasteiger partial charge in [0.25, 0.3) is 0 Å². The van der Waals surface area contributed by atoms with Crippen LogP contribution in [-0.2, 0) is 18.9 Å². The molecule has 0 bridgehead atoms. The predicted molar refractivity (Wildman–Crippen MR) is 84.4 cm³/mol. The first-order valence-electron chi connectivity index (χ1n) is 6.53. The molecule has 0 fully saturated rings. The molecule has 0 saturated carbocycles. The fourth-order valence-electron chi connectivity index (χ4n) is 2.14. The molecular formula is C16H18BrN3. The van der Waals surface area contributed by atoms with Crippen LogP contribution in [0.3, 0.4) is 0 Å². The maximum Gasteiger partial charge on any atom is 0.141 e. The first-order valence-corrected chi connectivity index (χ1v) is 7.33. The number of aromatic nitrogens is 2. The van der Waals surface area contributed by atoms with E-state index in [4.69, 9.17) is 5.26 Å². The molecule has 20 heavy (non-hydrogen) atoms. The van der Waals surface area contributed by atoms with E-state index in [1.54, 1.807) is 0 Å². The summed E-state index contributed by atoms with van der Waals surface area (Å²) in [5, 5.41) is 8.86. The lowest BCUT2D eigenvalue weighted by molar-refractivity contribution is 0.590. The molecule has 0 N–H and O–H groups in total. The maximum atomic E-state index is 8.86. The highest BCUT2D eigenvalue weighted by Gasteiger charge is 2.16. The molecule has 0 amide bonds. The van der Waals surface area contributed by atoms with Gasteiger partial charge in [-0.1, -0.05) is 45.0 Å². The van der Waals surface area contributed by atoms with Gasteiger partial charge < -0.3 is 4.57 Å².